The summed E-state index contributed by atoms with van der Waals surface area (Å²) in [4.78, 5) is 16.2. The number of anilines is 2. The quantitative estimate of drug-likeness (QED) is 0.916. The summed E-state index contributed by atoms with van der Waals surface area (Å²) in [6.07, 6.45) is 1.76. The van der Waals surface area contributed by atoms with Gasteiger partial charge in [-0.15, -0.1) is 11.3 Å². The Morgan fingerprint density at radius 3 is 2.67 bits per heavy atom. The average Bonchev–Trinajstić information content (AvgIpc) is 2.65. The molecule has 96 valence electrons. The van der Waals surface area contributed by atoms with Crippen molar-refractivity contribution in [2.75, 3.05) is 24.3 Å². The van der Waals surface area contributed by atoms with Crippen LogP contribution in [0.5, 0.6) is 0 Å². The number of aryl methyl sites for hydroxylation is 2. The lowest BCUT2D eigenvalue weighted by atomic mass is 10.4. The molecule has 18 heavy (non-hydrogen) atoms. The second-order valence-electron chi connectivity index (χ2n) is 4.23. The van der Waals surface area contributed by atoms with Gasteiger partial charge in [0.2, 0.25) is 5.95 Å². The Labute approximate surface area is 111 Å². The van der Waals surface area contributed by atoms with Crippen LogP contribution in [-0.4, -0.2) is 29.0 Å². The number of nitrogens with zero attached hydrogens (tertiary/aromatic N) is 4. The van der Waals surface area contributed by atoms with Gasteiger partial charge in [-0.1, -0.05) is 0 Å². The first-order valence-corrected chi connectivity index (χ1v) is 6.55. The van der Waals surface area contributed by atoms with E-state index in [-0.39, 0.29) is 0 Å². The van der Waals surface area contributed by atoms with Crippen molar-refractivity contribution in [3.8, 4) is 0 Å². The van der Waals surface area contributed by atoms with Crippen LogP contribution in [0.25, 0.3) is 0 Å². The minimum Gasteiger partial charge on any atom is -0.363 e. The lowest BCUT2D eigenvalue weighted by Gasteiger charge is -2.12. The van der Waals surface area contributed by atoms with Gasteiger partial charge < -0.3 is 10.2 Å². The highest BCUT2D eigenvalue weighted by Gasteiger charge is 2.06. The van der Waals surface area contributed by atoms with Crippen LogP contribution in [0.4, 0.5) is 11.8 Å². The number of hydrogen-bond donors (Lipinski definition) is 1. The lowest BCUT2D eigenvalue weighted by molar-refractivity contribution is 1.01. The van der Waals surface area contributed by atoms with E-state index >= 15 is 0 Å². The number of rotatable bonds is 4. The Morgan fingerprint density at radius 1 is 1.28 bits per heavy atom. The van der Waals surface area contributed by atoms with Crippen LogP contribution in [0.2, 0.25) is 0 Å². The molecule has 0 atom stereocenters. The van der Waals surface area contributed by atoms with Gasteiger partial charge in [0.1, 0.15) is 5.82 Å². The van der Waals surface area contributed by atoms with Crippen molar-refractivity contribution in [3.63, 3.8) is 0 Å². The third-order valence-electron chi connectivity index (χ3n) is 2.51. The molecule has 5 nitrogen and oxygen atoms in total. The van der Waals surface area contributed by atoms with E-state index in [9.17, 15) is 0 Å². The van der Waals surface area contributed by atoms with Gasteiger partial charge in [0, 0.05) is 25.2 Å². The molecule has 2 heterocycles. The molecule has 0 radical (unpaired) electrons. The third-order valence-corrected chi connectivity index (χ3v) is 3.58. The highest BCUT2D eigenvalue weighted by Crippen LogP contribution is 2.18. The Hall–Kier alpha value is -1.69. The van der Waals surface area contributed by atoms with E-state index in [0.717, 1.165) is 16.5 Å². The van der Waals surface area contributed by atoms with Gasteiger partial charge in [0.15, 0.2) is 0 Å². The van der Waals surface area contributed by atoms with E-state index in [0.29, 0.717) is 12.5 Å². The Balaban J connectivity index is 2.06. The van der Waals surface area contributed by atoms with E-state index in [2.05, 4.69) is 20.3 Å². The molecule has 6 heteroatoms. The van der Waals surface area contributed by atoms with E-state index in [4.69, 9.17) is 0 Å². The number of nitrogens with one attached hydrogen (secondary N) is 1. The van der Waals surface area contributed by atoms with Crippen molar-refractivity contribution in [1.82, 2.24) is 15.0 Å². The highest BCUT2D eigenvalue weighted by molar-refractivity contribution is 7.11. The summed E-state index contributed by atoms with van der Waals surface area (Å²) in [6, 6.07) is 1.88. The largest absolute Gasteiger partial charge is 0.363 e. The highest BCUT2D eigenvalue weighted by atomic mass is 32.1. The van der Waals surface area contributed by atoms with Crippen LogP contribution in [0, 0.1) is 13.8 Å². The van der Waals surface area contributed by atoms with Crippen LogP contribution in [0.3, 0.4) is 0 Å². The summed E-state index contributed by atoms with van der Waals surface area (Å²) >= 11 is 1.70. The van der Waals surface area contributed by atoms with Crippen molar-refractivity contribution in [3.05, 3.63) is 27.8 Å². The molecular formula is C12H17N5S. The molecular weight excluding hydrogens is 246 g/mol. The predicted octanol–water partition coefficient (Wildman–Crippen LogP) is 2.23. The molecule has 0 fully saturated rings. The summed E-state index contributed by atoms with van der Waals surface area (Å²) in [7, 11) is 3.92. The fraction of sp³-hybridized carbons (Fsp3) is 0.417. The van der Waals surface area contributed by atoms with Gasteiger partial charge in [-0.3, -0.25) is 0 Å². The van der Waals surface area contributed by atoms with E-state index < -0.39 is 0 Å². The minimum absolute atomic E-state index is 0.645. The number of hydrogen-bond acceptors (Lipinski definition) is 6. The number of aromatic nitrogens is 3. The maximum atomic E-state index is 4.41. The van der Waals surface area contributed by atoms with Gasteiger partial charge in [0.25, 0.3) is 0 Å². The fourth-order valence-electron chi connectivity index (χ4n) is 1.58. The zero-order chi connectivity index (χ0) is 13.1. The van der Waals surface area contributed by atoms with Gasteiger partial charge in [-0.05, 0) is 19.9 Å². The van der Waals surface area contributed by atoms with Crippen molar-refractivity contribution in [1.29, 1.82) is 0 Å². The van der Waals surface area contributed by atoms with Crippen LogP contribution < -0.4 is 10.2 Å². The summed E-state index contributed by atoms with van der Waals surface area (Å²) in [5, 5.41) is 4.32. The fourth-order valence-corrected chi connectivity index (χ4v) is 2.46. The smallest absolute Gasteiger partial charge is 0.224 e. The van der Waals surface area contributed by atoms with Gasteiger partial charge in [-0.25, -0.2) is 9.97 Å². The average molecular weight is 263 g/mol. The van der Waals surface area contributed by atoms with Crippen LogP contribution in [0.1, 0.15) is 15.6 Å². The minimum atomic E-state index is 0.645. The SMILES string of the molecule is Cc1nc(C)c(CNc2nccc(N(C)C)n2)s1. The van der Waals surface area contributed by atoms with Crippen molar-refractivity contribution in [2.45, 2.75) is 20.4 Å². The molecule has 2 aromatic rings. The first-order chi connectivity index (χ1) is 8.56. The normalized spacial score (nSPS) is 10.4. The molecule has 1 N–H and O–H groups in total. The molecule has 0 amide bonds. The topological polar surface area (TPSA) is 53.9 Å². The van der Waals surface area contributed by atoms with Crippen molar-refractivity contribution < 1.29 is 0 Å². The second-order valence-corrected chi connectivity index (χ2v) is 5.52. The Morgan fingerprint density at radius 2 is 2.06 bits per heavy atom. The van der Waals surface area contributed by atoms with Crippen LogP contribution in [-0.2, 0) is 6.54 Å². The Kier molecular flexibility index (Phi) is 3.76. The van der Waals surface area contributed by atoms with E-state index in [1.54, 1.807) is 17.5 Å². The van der Waals surface area contributed by atoms with Crippen LogP contribution in [0.15, 0.2) is 12.3 Å². The maximum absolute atomic E-state index is 4.41. The first kappa shape index (κ1) is 12.8. The number of thiazole rings is 1. The molecule has 0 aliphatic rings. The molecule has 0 aliphatic carbocycles. The zero-order valence-corrected chi connectivity index (χ0v) is 11.9. The Bertz CT molecular complexity index is 535. The predicted molar refractivity (Wildman–Crippen MR) is 75.3 cm³/mol. The molecule has 0 aromatic carbocycles. The van der Waals surface area contributed by atoms with Gasteiger partial charge in [0.05, 0.1) is 17.2 Å². The zero-order valence-electron chi connectivity index (χ0n) is 11.1. The molecule has 2 rings (SSSR count). The molecule has 0 spiro atoms. The second kappa shape index (κ2) is 5.30. The van der Waals surface area contributed by atoms with Crippen molar-refractivity contribution >= 4 is 23.1 Å². The van der Waals surface area contributed by atoms with Gasteiger partial charge in [-0.2, -0.15) is 4.98 Å². The summed E-state index contributed by atoms with van der Waals surface area (Å²) in [5.41, 5.74) is 1.08. The third kappa shape index (κ3) is 2.95. The lowest BCUT2D eigenvalue weighted by Crippen LogP contribution is -2.12. The molecule has 0 bridgehead atoms. The van der Waals surface area contributed by atoms with Crippen LogP contribution >= 0.6 is 11.3 Å². The molecule has 2 aromatic heterocycles. The van der Waals surface area contributed by atoms with E-state index in [1.165, 1.54) is 4.88 Å². The van der Waals surface area contributed by atoms with Crippen molar-refractivity contribution in [2.24, 2.45) is 0 Å². The maximum Gasteiger partial charge on any atom is 0.224 e. The summed E-state index contributed by atoms with van der Waals surface area (Å²) in [6.45, 7) is 4.76. The first-order valence-electron chi connectivity index (χ1n) is 5.73. The summed E-state index contributed by atoms with van der Waals surface area (Å²) in [5.74, 6) is 1.54. The molecule has 0 aliphatic heterocycles. The molecule has 0 saturated carbocycles. The standard InChI is InChI=1S/C12H17N5S/c1-8-10(18-9(2)15-8)7-14-12-13-6-5-11(16-12)17(3)4/h5-6H,7H2,1-4H3,(H,13,14,16). The van der Waals surface area contributed by atoms with E-state index in [1.807, 2.05) is 38.9 Å². The monoisotopic (exact) mass is 263 g/mol. The summed E-state index contributed by atoms with van der Waals surface area (Å²) < 4.78 is 0. The van der Waals surface area contributed by atoms with Gasteiger partial charge >= 0.3 is 0 Å². The molecule has 0 saturated heterocycles. The molecule has 0 unspecified atom stereocenters.